The Labute approximate surface area is 104 Å². The molecule has 1 fully saturated rings. The zero-order valence-electron chi connectivity index (χ0n) is 10.8. The Kier molecular flexibility index (Phi) is 3.38. The molecule has 0 heterocycles. The average Bonchev–Trinajstić information content (AvgIpc) is 2.61. The number of nitrogens with one attached hydrogen (secondary N) is 1. The smallest absolute Gasteiger partial charge is 0.101 e. The molecule has 1 aromatic carbocycles. The molecule has 1 aliphatic carbocycles. The van der Waals surface area contributed by atoms with E-state index in [1.54, 1.807) is 0 Å². The number of hydrogen-bond donors (Lipinski definition) is 1. The molecule has 2 heteroatoms. The maximum atomic E-state index is 9.11. The fourth-order valence-electron chi connectivity index (χ4n) is 2.64. The lowest BCUT2D eigenvalue weighted by Gasteiger charge is -2.21. The fraction of sp³-hybridized carbons (Fsp3) is 0.533. The van der Waals surface area contributed by atoms with Gasteiger partial charge in [0.15, 0.2) is 0 Å². The summed E-state index contributed by atoms with van der Waals surface area (Å²) in [5.74, 6) is 1.46. The molecule has 3 unspecified atom stereocenters. The highest BCUT2D eigenvalue weighted by Crippen LogP contribution is 2.34. The second-order valence-corrected chi connectivity index (χ2v) is 5.33. The quantitative estimate of drug-likeness (QED) is 0.837. The first-order valence-electron chi connectivity index (χ1n) is 6.39. The van der Waals surface area contributed by atoms with Gasteiger partial charge in [0.05, 0.1) is 11.3 Å². The summed E-state index contributed by atoms with van der Waals surface area (Å²) in [6.45, 7) is 6.68. The molecule has 0 amide bonds. The molecule has 0 aliphatic heterocycles. The molecule has 0 saturated heterocycles. The number of rotatable bonds is 2. The van der Waals surface area contributed by atoms with Gasteiger partial charge in [0, 0.05) is 6.04 Å². The van der Waals surface area contributed by atoms with E-state index in [0.29, 0.717) is 12.0 Å². The standard InChI is InChI=1S/C15H20N2/c1-10-4-6-13(9-16)15(8-10)17-14-7-5-11(2)12(14)3/h4,6,8,11-12,14,17H,5,7H2,1-3H3. The van der Waals surface area contributed by atoms with E-state index in [-0.39, 0.29) is 0 Å². The number of nitriles is 1. The molecular formula is C15H20N2. The van der Waals surface area contributed by atoms with Gasteiger partial charge in [-0.25, -0.2) is 0 Å². The van der Waals surface area contributed by atoms with Crippen LogP contribution < -0.4 is 5.32 Å². The van der Waals surface area contributed by atoms with Crippen LogP contribution in [0.5, 0.6) is 0 Å². The highest BCUT2D eigenvalue weighted by molar-refractivity contribution is 5.59. The van der Waals surface area contributed by atoms with Crippen molar-refractivity contribution in [2.75, 3.05) is 5.32 Å². The molecule has 1 saturated carbocycles. The molecule has 17 heavy (non-hydrogen) atoms. The molecule has 0 aromatic heterocycles. The third-order valence-corrected chi connectivity index (χ3v) is 4.10. The lowest BCUT2D eigenvalue weighted by Crippen LogP contribution is -2.24. The highest BCUT2D eigenvalue weighted by Gasteiger charge is 2.29. The third-order valence-electron chi connectivity index (χ3n) is 4.10. The molecule has 0 spiro atoms. The lowest BCUT2D eigenvalue weighted by atomic mass is 9.97. The van der Waals surface area contributed by atoms with Gasteiger partial charge < -0.3 is 5.32 Å². The van der Waals surface area contributed by atoms with Crippen LogP contribution in [0.15, 0.2) is 18.2 Å². The van der Waals surface area contributed by atoms with E-state index in [0.717, 1.165) is 17.2 Å². The first kappa shape index (κ1) is 12.0. The number of benzene rings is 1. The van der Waals surface area contributed by atoms with Crippen LogP contribution in [0, 0.1) is 30.1 Å². The molecule has 1 aliphatic rings. The fourth-order valence-corrected chi connectivity index (χ4v) is 2.64. The van der Waals surface area contributed by atoms with Crippen molar-refractivity contribution in [1.29, 1.82) is 5.26 Å². The highest BCUT2D eigenvalue weighted by atomic mass is 14.9. The Morgan fingerprint density at radius 1 is 1.29 bits per heavy atom. The minimum absolute atomic E-state index is 0.513. The second-order valence-electron chi connectivity index (χ2n) is 5.33. The van der Waals surface area contributed by atoms with Gasteiger partial charge in [0.1, 0.15) is 6.07 Å². The van der Waals surface area contributed by atoms with Crippen molar-refractivity contribution in [3.05, 3.63) is 29.3 Å². The van der Waals surface area contributed by atoms with Crippen molar-refractivity contribution in [2.24, 2.45) is 11.8 Å². The van der Waals surface area contributed by atoms with Crippen molar-refractivity contribution < 1.29 is 0 Å². The van der Waals surface area contributed by atoms with Crippen LogP contribution in [0.25, 0.3) is 0 Å². The summed E-state index contributed by atoms with van der Waals surface area (Å²) >= 11 is 0. The third kappa shape index (κ3) is 2.44. The van der Waals surface area contributed by atoms with Gasteiger partial charge in [0.25, 0.3) is 0 Å². The van der Waals surface area contributed by atoms with Gasteiger partial charge >= 0.3 is 0 Å². The number of hydrogen-bond acceptors (Lipinski definition) is 2. The summed E-state index contributed by atoms with van der Waals surface area (Å²) in [6.07, 6.45) is 2.49. The van der Waals surface area contributed by atoms with Crippen molar-refractivity contribution >= 4 is 5.69 Å². The van der Waals surface area contributed by atoms with E-state index >= 15 is 0 Å². The van der Waals surface area contributed by atoms with Gasteiger partial charge in [-0.3, -0.25) is 0 Å². The minimum Gasteiger partial charge on any atom is -0.381 e. The Hall–Kier alpha value is -1.49. The van der Waals surface area contributed by atoms with Crippen molar-refractivity contribution in [3.8, 4) is 6.07 Å². The normalized spacial score (nSPS) is 27.8. The molecule has 0 radical (unpaired) electrons. The average molecular weight is 228 g/mol. The van der Waals surface area contributed by atoms with E-state index in [1.807, 2.05) is 12.1 Å². The van der Waals surface area contributed by atoms with Crippen LogP contribution in [0.3, 0.4) is 0 Å². The Morgan fingerprint density at radius 3 is 2.65 bits per heavy atom. The van der Waals surface area contributed by atoms with Gasteiger partial charge in [-0.05, 0) is 49.3 Å². The van der Waals surface area contributed by atoms with E-state index in [9.17, 15) is 0 Å². The summed E-state index contributed by atoms with van der Waals surface area (Å²) < 4.78 is 0. The monoisotopic (exact) mass is 228 g/mol. The number of nitrogens with zero attached hydrogens (tertiary/aromatic N) is 1. The SMILES string of the molecule is Cc1ccc(C#N)c(NC2CCC(C)C2C)c1. The lowest BCUT2D eigenvalue weighted by molar-refractivity contribution is 0.435. The van der Waals surface area contributed by atoms with Gasteiger partial charge in [0.2, 0.25) is 0 Å². The molecule has 1 N–H and O–H groups in total. The summed E-state index contributed by atoms with van der Waals surface area (Å²) in [4.78, 5) is 0. The Bertz CT molecular complexity index is 445. The minimum atomic E-state index is 0.513. The number of anilines is 1. The predicted molar refractivity (Wildman–Crippen MR) is 70.9 cm³/mol. The first-order chi connectivity index (χ1) is 8.11. The van der Waals surface area contributed by atoms with Crippen molar-refractivity contribution in [3.63, 3.8) is 0 Å². The van der Waals surface area contributed by atoms with Crippen LogP contribution in [-0.4, -0.2) is 6.04 Å². The summed E-state index contributed by atoms with van der Waals surface area (Å²) in [6, 6.07) is 8.74. The van der Waals surface area contributed by atoms with Gasteiger partial charge in [-0.1, -0.05) is 19.9 Å². The Morgan fingerprint density at radius 2 is 2.06 bits per heavy atom. The molecule has 1 aromatic rings. The van der Waals surface area contributed by atoms with E-state index in [4.69, 9.17) is 5.26 Å². The Balaban J connectivity index is 2.19. The largest absolute Gasteiger partial charge is 0.381 e. The van der Waals surface area contributed by atoms with E-state index in [2.05, 4.69) is 38.2 Å². The number of aryl methyl sites for hydroxylation is 1. The first-order valence-corrected chi connectivity index (χ1v) is 6.39. The van der Waals surface area contributed by atoms with E-state index in [1.165, 1.54) is 18.4 Å². The molecule has 2 rings (SSSR count). The van der Waals surface area contributed by atoms with Gasteiger partial charge in [-0.15, -0.1) is 0 Å². The predicted octanol–water partition coefficient (Wildman–Crippen LogP) is 3.71. The van der Waals surface area contributed by atoms with Crippen LogP contribution >= 0.6 is 0 Å². The zero-order chi connectivity index (χ0) is 12.4. The summed E-state index contributed by atoms with van der Waals surface area (Å²) in [5.41, 5.74) is 2.95. The van der Waals surface area contributed by atoms with Crippen LogP contribution in [0.1, 0.15) is 37.8 Å². The summed E-state index contributed by atoms with van der Waals surface area (Å²) in [7, 11) is 0. The molecular weight excluding hydrogens is 208 g/mol. The second kappa shape index (κ2) is 4.79. The zero-order valence-corrected chi connectivity index (χ0v) is 10.8. The van der Waals surface area contributed by atoms with Crippen molar-refractivity contribution in [2.45, 2.75) is 39.7 Å². The van der Waals surface area contributed by atoms with Crippen LogP contribution in [0.4, 0.5) is 5.69 Å². The topological polar surface area (TPSA) is 35.8 Å². The van der Waals surface area contributed by atoms with Crippen LogP contribution in [-0.2, 0) is 0 Å². The van der Waals surface area contributed by atoms with Crippen LogP contribution in [0.2, 0.25) is 0 Å². The summed E-state index contributed by atoms with van der Waals surface area (Å²) in [5, 5.41) is 12.7. The maximum Gasteiger partial charge on any atom is 0.101 e. The molecule has 0 bridgehead atoms. The van der Waals surface area contributed by atoms with E-state index < -0.39 is 0 Å². The maximum absolute atomic E-state index is 9.11. The van der Waals surface area contributed by atoms with Gasteiger partial charge in [-0.2, -0.15) is 5.26 Å². The molecule has 3 atom stereocenters. The molecule has 2 nitrogen and oxygen atoms in total. The van der Waals surface area contributed by atoms with Crippen molar-refractivity contribution in [1.82, 2.24) is 0 Å². The molecule has 90 valence electrons.